The number of fused-ring (bicyclic) bond motifs is 1. The highest BCUT2D eigenvalue weighted by Crippen LogP contribution is 2.25. The van der Waals surface area contributed by atoms with Crippen molar-refractivity contribution >= 4 is 31.4 Å². The number of hydrogen-bond donors (Lipinski definition) is 1. The number of aromatic nitrogens is 1. The van der Waals surface area contributed by atoms with Crippen LogP contribution in [0.3, 0.4) is 0 Å². The molecule has 1 unspecified atom stereocenters. The molecule has 0 radical (unpaired) electrons. The van der Waals surface area contributed by atoms with Gasteiger partial charge in [0.15, 0.2) is 21.5 Å². The third-order valence-corrected chi connectivity index (χ3v) is 6.18. The van der Waals surface area contributed by atoms with Crippen LogP contribution < -0.4 is 0 Å². The summed E-state index contributed by atoms with van der Waals surface area (Å²) < 4.78 is 51.5. The quantitative estimate of drug-likeness (QED) is 0.750. The summed E-state index contributed by atoms with van der Waals surface area (Å²) in [5.74, 6) is -3.08. The molecule has 1 atom stereocenters. The van der Waals surface area contributed by atoms with E-state index in [-0.39, 0.29) is 11.3 Å². The maximum atomic E-state index is 13.2. The second kappa shape index (κ2) is 6.54. The molecule has 1 heterocycles. The van der Waals surface area contributed by atoms with E-state index in [4.69, 9.17) is 0 Å². The molecule has 1 aromatic heterocycles. The molecular weight excluding hydrogens is 356 g/mol. The van der Waals surface area contributed by atoms with Crippen LogP contribution in [0.25, 0.3) is 10.2 Å². The Morgan fingerprint density at radius 2 is 1.88 bits per heavy atom. The second-order valence-corrected chi connectivity index (χ2v) is 8.54. The Morgan fingerprint density at radius 3 is 2.58 bits per heavy atom. The summed E-state index contributed by atoms with van der Waals surface area (Å²) >= 11 is 1.27. The number of sulfone groups is 1. The molecule has 8 heteroatoms. The van der Waals surface area contributed by atoms with Crippen molar-refractivity contribution in [3.8, 4) is 0 Å². The van der Waals surface area contributed by atoms with Gasteiger partial charge in [-0.3, -0.25) is 0 Å². The molecule has 24 heavy (non-hydrogen) atoms. The molecule has 0 aliphatic carbocycles. The molecule has 0 aliphatic heterocycles. The number of hydrogen-bond acceptors (Lipinski definition) is 5. The van der Waals surface area contributed by atoms with E-state index in [1.54, 1.807) is 6.07 Å². The van der Waals surface area contributed by atoms with Gasteiger partial charge in [-0.25, -0.2) is 22.2 Å². The number of halogens is 2. The highest BCUT2D eigenvalue weighted by Gasteiger charge is 2.22. The van der Waals surface area contributed by atoms with Crippen LogP contribution >= 0.6 is 11.3 Å². The number of nitrogens with zero attached hydrogens (tertiary/aromatic N) is 1. The zero-order valence-electron chi connectivity index (χ0n) is 12.3. The number of rotatable bonds is 5. The van der Waals surface area contributed by atoms with Crippen LogP contribution in [0.15, 0.2) is 42.5 Å². The Kier molecular flexibility index (Phi) is 4.62. The highest BCUT2D eigenvalue weighted by atomic mass is 32.2. The maximum absolute atomic E-state index is 13.2. The lowest BCUT2D eigenvalue weighted by atomic mass is 10.1. The fourth-order valence-corrected chi connectivity index (χ4v) is 5.05. The van der Waals surface area contributed by atoms with Gasteiger partial charge in [0, 0.05) is 0 Å². The lowest BCUT2D eigenvalue weighted by molar-refractivity contribution is 0.201. The van der Waals surface area contributed by atoms with Crippen LogP contribution in [0.2, 0.25) is 0 Å². The van der Waals surface area contributed by atoms with Crippen molar-refractivity contribution in [1.82, 2.24) is 4.98 Å². The third-order valence-electron chi connectivity index (χ3n) is 3.42. The van der Waals surface area contributed by atoms with Crippen molar-refractivity contribution in [2.24, 2.45) is 0 Å². The summed E-state index contributed by atoms with van der Waals surface area (Å²) in [5, 5.41) is 10.4. The van der Waals surface area contributed by atoms with E-state index in [2.05, 4.69) is 4.98 Å². The number of benzene rings is 2. The fourth-order valence-electron chi connectivity index (χ4n) is 2.29. The molecule has 1 N–H and O–H groups in total. The van der Waals surface area contributed by atoms with Gasteiger partial charge in [-0.2, -0.15) is 0 Å². The monoisotopic (exact) mass is 369 g/mol. The summed E-state index contributed by atoms with van der Waals surface area (Å²) in [6, 6.07) is 10.1. The first kappa shape index (κ1) is 16.9. The Balaban J connectivity index is 1.76. The Hall–Kier alpha value is -1.90. The van der Waals surface area contributed by atoms with Gasteiger partial charge in [0.1, 0.15) is 10.8 Å². The Labute approximate surface area is 141 Å². The predicted octanol–water partition coefficient (Wildman–Crippen LogP) is 3.22. The average Bonchev–Trinajstić information content (AvgIpc) is 2.90. The van der Waals surface area contributed by atoms with E-state index in [0.717, 1.165) is 22.9 Å². The predicted molar refractivity (Wildman–Crippen MR) is 88.4 cm³/mol. The minimum absolute atomic E-state index is 0.0155. The van der Waals surface area contributed by atoms with E-state index in [9.17, 15) is 22.3 Å². The van der Waals surface area contributed by atoms with Crippen LogP contribution in [-0.2, 0) is 15.6 Å². The van der Waals surface area contributed by atoms with Gasteiger partial charge in [-0.1, -0.05) is 18.2 Å². The number of aliphatic hydroxyl groups excluding tert-OH is 1. The first-order valence-electron chi connectivity index (χ1n) is 7.02. The van der Waals surface area contributed by atoms with Crippen molar-refractivity contribution in [3.63, 3.8) is 0 Å². The smallest absolute Gasteiger partial charge is 0.159 e. The molecule has 0 aliphatic rings. The van der Waals surface area contributed by atoms with Crippen molar-refractivity contribution in [1.29, 1.82) is 0 Å². The molecule has 0 saturated heterocycles. The molecule has 3 aromatic rings. The van der Waals surface area contributed by atoms with Gasteiger partial charge < -0.3 is 5.11 Å². The average molecular weight is 369 g/mol. The molecule has 3 rings (SSSR count). The molecular formula is C16H13F2NO3S2. The highest BCUT2D eigenvalue weighted by molar-refractivity contribution is 7.90. The summed E-state index contributed by atoms with van der Waals surface area (Å²) in [5.41, 5.74) is 0.732. The molecule has 0 fully saturated rings. The lowest BCUT2D eigenvalue weighted by Crippen LogP contribution is -2.16. The van der Waals surface area contributed by atoms with Crippen LogP contribution in [0.1, 0.15) is 16.7 Å². The summed E-state index contributed by atoms with van der Waals surface area (Å²) in [7, 11) is -3.67. The number of thiazole rings is 1. The van der Waals surface area contributed by atoms with Gasteiger partial charge in [0.05, 0.1) is 22.1 Å². The second-order valence-electron chi connectivity index (χ2n) is 5.32. The molecule has 126 valence electrons. The molecule has 0 bridgehead atoms. The zero-order chi connectivity index (χ0) is 17.3. The first-order chi connectivity index (χ1) is 11.3. The molecule has 4 nitrogen and oxygen atoms in total. The number of para-hydroxylation sites is 1. The van der Waals surface area contributed by atoms with Crippen molar-refractivity contribution in [2.75, 3.05) is 5.75 Å². The Bertz CT molecular complexity index is 953. The molecule has 2 aromatic carbocycles. The minimum atomic E-state index is -3.67. The van der Waals surface area contributed by atoms with Crippen molar-refractivity contribution in [2.45, 2.75) is 11.9 Å². The van der Waals surface area contributed by atoms with Crippen molar-refractivity contribution < 1.29 is 22.3 Å². The largest absolute Gasteiger partial charge is 0.387 e. The van der Waals surface area contributed by atoms with E-state index in [1.165, 1.54) is 11.3 Å². The van der Waals surface area contributed by atoms with E-state index in [1.807, 2.05) is 18.2 Å². The lowest BCUT2D eigenvalue weighted by Gasteiger charge is -2.11. The zero-order valence-corrected chi connectivity index (χ0v) is 13.9. The molecule has 0 saturated carbocycles. The van der Waals surface area contributed by atoms with Crippen LogP contribution in [-0.4, -0.2) is 24.3 Å². The standard InChI is InChI=1S/C16H13F2NO3S2/c17-11-6-5-10(7-12(11)18)14(20)8-24(21,22)9-16-19-13-3-1-2-4-15(13)23-16/h1-7,14,20H,8-9H2. The van der Waals surface area contributed by atoms with Crippen LogP contribution in [0.4, 0.5) is 8.78 Å². The van der Waals surface area contributed by atoms with E-state index < -0.39 is 33.3 Å². The van der Waals surface area contributed by atoms with Gasteiger partial charge >= 0.3 is 0 Å². The van der Waals surface area contributed by atoms with Crippen LogP contribution in [0, 0.1) is 11.6 Å². The van der Waals surface area contributed by atoms with Gasteiger partial charge in [0.25, 0.3) is 0 Å². The van der Waals surface area contributed by atoms with Gasteiger partial charge in [-0.05, 0) is 29.8 Å². The fraction of sp³-hybridized carbons (Fsp3) is 0.188. The summed E-state index contributed by atoms with van der Waals surface area (Å²) in [4.78, 5) is 4.25. The topological polar surface area (TPSA) is 67.3 Å². The summed E-state index contributed by atoms with van der Waals surface area (Å²) in [6.07, 6.45) is -1.43. The SMILES string of the molecule is O=S(=O)(Cc1nc2ccccc2s1)CC(O)c1ccc(F)c(F)c1. The van der Waals surface area contributed by atoms with Gasteiger partial charge in [-0.15, -0.1) is 11.3 Å². The van der Waals surface area contributed by atoms with E-state index >= 15 is 0 Å². The van der Waals surface area contributed by atoms with Crippen molar-refractivity contribution in [3.05, 3.63) is 64.7 Å². The minimum Gasteiger partial charge on any atom is -0.387 e. The maximum Gasteiger partial charge on any atom is 0.159 e. The summed E-state index contributed by atoms with van der Waals surface area (Å²) in [6.45, 7) is 0. The van der Waals surface area contributed by atoms with Gasteiger partial charge in [0.2, 0.25) is 0 Å². The first-order valence-corrected chi connectivity index (χ1v) is 9.66. The third kappa shape index (κ3) is 3.77. The van der Waals surface area contributed by atoms with Crippen LogP contribution in [0.5, 0.6) is 0 Å². The molecule has 0 spiro atoms. The van der Waals surface area contributed by atoms with E-state index in [0.29, 0.717) is 10.5 Å². The molecule has 0 amide bonds. The normalized spacial score (nSPS) is 13.3. The Morgan fingerprint density at radius 1 is 1.12 bits per heavy atom. The number of aliphatic hydroxyl groups is 1.